The number of carbonyl (C=O) groups is 1. The summed E-state index contributed by atoms with van der Waals surface area (Å²) in [6, 6.07) is 8.04. The molecule has 21 heavy (non-hydrogen) atoms. The summed E-state index contributed by atoms with van der Waals surface area (Å²) in [5.74, 6) is 0.359. The average Bonchev–Trinajstić information content (AvgIpc) is 2.85. The van der Waals surface area contributed by atoms with Crippen molar-refractivity contribution >= 4 is 11.6 Å². The molecule has 0 bridgehead atoms. The van der Waals surface area contributed by atoms with E-state index in [1.807, 2.05) is 29.2 Å². The summed E-state index contributed by atoms with van der Waals surface area (Å²) in [7, 11) is 0. The Morgan fingerprint density at radius 1 is 1.14 bits per heavy atom. The summed E-state index contributed by atoms with van der Waals surface area (Å²) in [5.41, 5.74) is 7.87. The van der Waals surface area contributed by atoms with Gasteiger partial charge in [0, 0.05) is 24.7 Å². The Labute approximate surface area is 128 Å². The fraction of sp³-hybridized carbons (Fsp3) is 0.611. The number of nitrogens with two attached hydrogens (primary N) is 1. The van der Waals surface area contributed by atoms with Gasteiger partial charge in [0.25, 0.3) is 0 Å². The fourth-order valence-corrected chi connectivity index (χ4v) is 3.37. The number of hydrogen-bond donors (Lipinski definition) is 1. The smallest absolute Gasteiger partial charge is 0.231 e. The Kier molecular flexibility index (Phi) is 4.16. The fourth-order valence-electron chi connectivity index (χ4n) is 3.37. The van der Waals surface area contributed by atoms with Crippen LogP contribution in [-0.2, 0) is 11.3 Å². The van der Waals surface area contributed by atoms with E-state index in [2.05, 4.69) is 34.6 Å². The molecule has 3 nitrogen and oxygen atoms in total. The maximum absolute atomic E-state index is 13.0. The zero-order valence-electron chi connectivity index (χ0n) is 13.9. The Balaban J connectivity index is 2.25. The number of carbonyl (C=O) groups excluding carboxylic acids is 1. The van der Waals surface area contributed by atoms with Gasteiger partial charge in [-0.2, -0.15) is 0 Å². The predicted molar refractivity (Wildman–Crippen MR) is 88.0 cm³/mol. The van der Waals surface area contributed by atoms with Crippen molar-refractivity contribution in [3.63, 3.8) is 0 Å². The summed E-state index contributed by atoms with van der Waals surface area (Å²) in [6.07, 6.45) is 0.956. The molecule has 0 unspecified atom stereocenters. The number of rotatable bonds is 5. The molecule has 116 valence electrons. The van der Waals surface area contributed by atoms with Gasteiger partial charge in [0.2, 0.25) is 5.91 Å². The van der Waals surface area contributed by atoms with Crippen LogP contribution in [0, 0.1) is 16.7 Å². The van der Waals surface area contributed by atoms with Crippen LogP contribution < -0.4 is 10.6 Å². The quantitative estimate of drug-likeness (QED) is 0.900. The minimum atomic E-state index is 0.0767. The third-order valence-electron chi connectivity index (χ3n) is 5.46. The van der Waals surface area contributed by atoms with Crippen molar-refractivity contribution in [2.24, 2.45) is 22.5 Å². The average molecular weight is 288 g/mol. The molecule has 1 aromatic rings. The van der Waals surface area contributed by atoms with Crippen molar-refractivity contribution in [3.8, 4) is 0 Å². The van der Waals surface area contributed by atoms with Crippen LogP contribution in [0.25, 0.3) is 0 Å². The Morgan fingerprint density at radius 3 is 2.05 bits per heavy atom. The molecule has 1 saturated carbocycles. The second-order valence-electron chi connectivity index (χ2n) is 7.24. The second kappa shape index (κ2) is 5.45. The summed E-state index contributed by atoms with van der Waals surface area (Å²) in [5, 5.41) is 0. The van der Waals surface area contributed by atoms with Crippen molar-refractivity contribution in [3.05, 3.63) is 29.8 Å². The van der Waals surface area contributed by atoms with Crippen LogP contribution in [0.3, 0.4) is 0 Å². The van der Waals surface area contributed by atoms with E-state index in [4.69, 9.17) is 5.73 Å². The molecule has 0 saturated heterocycles. The van der Waals surface area contributed by atoms with E-state index < -0.39 is 0 Å². The summed E-state index contributed by atoms with van der Waals surface area (Å²) < 4.78 is 0. The Hall–Kier alpha value is -1.35. The lowest BCUT2D eigenvalue weighted by molar-refractivity contribution is -0.120. The first-order valence-corrected chi connectivity index (χ1v) is 7.87. The molecule has 2 N–H and O–H groups in total. The van der Waals surface area contributed by atoms with Gasteiger partial charge in [0.1, 0.15) is 0 Å². The van der Waals surface area contributed by atoms with Crippen molar-refractivity contribution < 1.29 is 4.79 Å². The number of hydrogen-bond acceptors (Lipinski definition) is 2. The first kappa shape index (κ1) is 16.0. The van der Waals surface area contributed by atoms with Gasteiger partial charge < -0.3 is 10.6 Å². The van der Waals surface area contributed by atoms with Crippen LogP contribution in [0.4, 0.5) is 5.69 Å². The van der Waals surface area contributed by atoms with Crippen LogP contribution in [0.15, 0.2) is 24.3 Å². The predicted octanol–water partition coefficient (Wildman–Crippen LogP) is 3.57. The summed E-state index contributed by atoms with van der Waals surface area (Å²) in [4.78, 5) is 14.9. The first-order chi connectivity index (χ1) is 9.77. The molecule has 1 aromatic carbocycles. The van der Waals surface area contributed by atoms with Crippen LogP contribution >= 0.6 is 0 Å². The molecule has 0 aliphatic heterocycles. The molecule has 3 heteroatoms. The summed E-state index contributed by atoms with van der Waals surface area (Å²) in [6.45, 7) is 12.2. The van der Waals surface area contributed by atoms with E-state index in [0.717, 1.165) is 24.2 Å². The molecule has 0 spiro atoms. The Bertz CT molecular complexity index is 503. The standard InChI is InChI=1S/C18H28N2O/c1-6-11-20(14-9-7-13(12-19)8-10-14)16(21)15-17(2,3)18(15,4)5/h7-10,15H,6,11-12,19H2,1-5H3. The molecule has 1 aliphatic carbocycles. The van der Waals surface area contributed by atoms with Gasteiger partial charge in [-0.1, -0.05) is 46.8 Å². The third kappa shape index (κ3) is 2.59. The van der Waals surface area contributed by atoms with E-state index in [0.29, 0.717) is 6.54 Å². The molecular weight excluding hydrogens is 260 g/mol. The van der Waals surface area contributed by atoms with Gasteiger partial charge in [-0.05, 0) is 34.9 Å². The van der Waals surface area contributed by atoms with Crippen molar-refractivity contribution in [1.29, 1.82) is 0 Å². The minimum absolute atomic E-state index is 0.0767. The van der Waals surface area contributed by atoms with Gasteiger partial charge in [0.05, 0.1) is 0 Å². The highest BCUT2D eigenvalue weighted by Crippen LogP contribution is 2.68. The largest absolute Gasteiger partial charge is 0.326 e. The lowest BCUT2D eigenvalue weighted by Gasteiger charge is -2.23. The topological polar surface area (TPSA) is 46.3 Å². The van der Waals surface area contributed by atoms with E-state index >= 15 is 0 Å². The summed E-state index contributed by atoms with van der Waals surface area (Å²) >= 11 is 0. The van der Waals surface area contributed by atoms with Crippen LogP contribution in [0.5, 0.6) is 0 Å². The van der Waals surface area contributed by atoms with Gasteiger partial charge in [-0.15, -0.1) is 0 Å². The van der Waals surface area contributed by atoms with Crippen molar-refractivity contribution in [2.75, 3.05) is 11.4 Å². The molecule has 1 aliphatic rings. The number of benzene rings is 1. The SMILES string of the molecule is CCCN(C(=O)C1C(C)(C)C1(C)C)c1ccc(CN)cc1. The number of nitrogens with zero attached hydrogens (tertiary/aromatic N) is 1. The van der Waals surface area contributed by atoms with Gasteiger partial charge in [-0.3, -0.25) is 4.79 Å². The molecule has 0 heterocycles. The molecule has 0 atom stereocenters. The molecule has 0 aromatic heterocycles. The van der Waals surface area contributed by atoms with Crippen molar-refractivity contribution in [1.82, 2.24) is 0 Å². The number of anilines is 1. The molecule has 0 radical (unpaired) electrons. The third-order valence-corrected chi connectivity index (χ3v) is 5.46. The monoisotopic (exact) mass is 288 g/mol. The van der Waals surface area contributed by atoms with Crippen LogP contribution in [0.2, 0.25) is 0 Å². The molecule has 1 amide bonds. The van der Waals surface area contributed by atoms with Gasteiger partial charge in [0.15, 0.2) is 0 Å². The Morgan fingerprint density at radius 2 is 1.67 bits per heavy atom. The zero-order valence-corrected chi connectivity index (χ0v) is 13.9. The zero-order chi connectivity index (χ0) is 15.8. The maximum atomic E-state index is 13.0. The highest BCUT2D eigenvalue weighted by atomic mass is 16.2. The van der Waals surface area contributed by atoms with Crippen LogP contribution in [0.1, 0.15) is 46.6 Å². The van der Waals surface area contributed by atoms with Crippen LogP contribution in [-0.4, -0.2) is 12.5 Å². The van der Waals surface area contributed by atoms with Gasteiger partial charge >= 0.3 is 0 Å². The molecule has 2 rings (SSSR count). The molecular formula is C18H28N2O. The van der Waals surface area contributed by atoms with E-state index in [9.17, 15) is 4.79 Å². The van der Waals surface area contributed by atoms with E-state index in [1.165, 1.54) is 0 Å². The first-order valence-electron chi connectivity index (χ1n) is 7.87. The highest BCUT2D eigenvalue weighted by Gasteiger charge is 2.68. The second-order valence-corrected chi connectivity index (χ2v) is 7.24. The number of amides is 1. The van der Waals surface area contributed by atoms with Gasteiger partial charge in [-0.25, -0.2) is 0 Å². The van der Waals surface area contributed by atoms with Crippen molar-refractivity contribution in [2.45, 2.75) is 47.6 Å². The van der Waals surface area contributed by atoms with E-state index in [-0.39, 0.29) is 22.7 Å². The highest BCUT2D eigenvalue weighted by molar-refractivity contribution is 5.98. The lowest BCUT2D eigenvalue weighted by Crippen LogP contribution is -2.34. The van der Waals surface area contributed by atoms with E-state index in [1.54, 1.807) is 0 Å². The molecule has 1 fully saturated rings. The maximum Gasteiger partial charge on any atom is 0.231 e. The lowest BCUT2D eigenvalue weighted by atomic mass is 10.0. The minimum Gasteiger partial charge on any atom is -0.326 e. The normalized spacial score (nSPS) is 19.3.